The summed E-state index contributed by atoms with van der Waals surface area (Å²) >= 11 is 0. The fourth-order valence-corrected chi connectivity index (χ4v) is 2.70. The molecule has 1 saturated heterocycles. The number of aryl methyl sites for hydroxylation is 1. The molecule has 1 heterocycles. The van der Waals surface area contributed by atoms with E-state index in [9.17, 15) is 8.78 Å². The second-order valence-electron chi connectivity index (χ2n) is 5.16. The number of alkyl halides is 2. The van der Waals surface area contributed by atoms with Gasteiger partial charge in [0.2, 0.25) is 6.43 Å². The Balaban J connectivity index is 0.00000220. The Kier molecular flexibility index (Phi) is 7.35. The van der Waals surface area contributed by atoms with Crippen molar-refractivity contribution in [2.75, 3.05) is 33.3 Å². The highest BCUT2D eigenvalue weighted by Crippen LogP contribution is 2.31. The molecule has 1 atom stereocenters. The van der Waals surface area contributed by atoms with Crippen molar-refractivity contribution in [2.45, 2.75) is 25.8 Å². The predicted octanol–water partition coefficient (Wildman–Crippen LogP) is 3.03. The highest BCUT2D eigenvalue weighted by Gasteiger charge is 2.25. The summed E-state index contributed by atoms with van der Waals surface area (Å²) in [5.74, 6) is 0.761. The van der Waals surface area contributed by atoms with Gasteiger partial charge >= 0.3 is 0 Å². The normalized spacial score (nSPS) is 17.4. The number of piperazine rings is 1. The highest BCUT2D eigenvalue weighted by molar-refractivity contribution is 5.85. The monoisotopic (exact) mass is 320 g/mol. The summed E-state index contributed by atoms with van der Waals surface area (Å²) in [4.78, 5) is 2.13. The van der Waals surface area contributed by atoms with Crippen LogP contribution in [0.5, 0.6) is 5.75 Å². The van der Waals surface area contributed by atoms with Gasteiger partial charge in [-0.25, -0.2) is 8.78 Å². The van der Waals surface area contributed by atoms with Crippen molar-refractivity contribution in [3.63, 3.8) is 0 Å². The molecule has 120 valence electrons. The van der Waals surface area contributed by atoms with Crippen LogP contribution in [0.15, 0.2) is 18.2 Å². The SMILES string of the molecule is COc1cc([C@@H](CC(F)F)N2CCNCC2)ccc1C.Cl. The summed E-state index contributed by atoms with van der Waals surface area (Å²) in [5, 5.41) is 3.25. The van der Waals surface area contributed by atoms with Gasteiger partial charge in [0, 0.05) is 38.6 Å². The second kappa shape index (κ2) is 8.51. The molecule has 1 aromatic rings. The quantitative estimate of drug-likeness (QED) is 0.902. The summed E-state index contributed by atoms with van der Waals surface area (Å²) in [6.45, 7) is 5.25. The molecule has 1 aliphatic heterocycles. The topological polar surface area (TPSA) is 24.5 Å². The fourth-order valence-electron chi connectivity index (χ4n) is 2.70. The molecule has 2 rings (SSSR count). The van der Waals surface area contributed by atoms with Crippen molar-refractivity contribution in [3.8, 4) is 5.75 Å². The molecule has 0 aliphatic carbocycles. The van der Waals surface area contributed by atoms with Gasteiger partial charge in [0.1, 0.15) is 5.75 Å². The van der Waals surface area contributed by atoms with E-state index in [1.54, 1.807) is 7.11 Å². The van der Waals surface area contributed by atoms with E-state index in [-0.39, 0.29) is 24.9 Å². The van der Waals surface area contributed by atoms with E-state index in [0.29, 0.717) is 0 Å². The lowest BCUT2D eigenvalue weighted by molar-refractivity contribution is 0.0738. The maximum atomic E-state index is 12.9. The van der Waals surface area contributed by atoms with Crippen LogP contribution in [0.2, 0.25) is 0 Å². The molecule has 0 saturated carbocycles. The van der Waals surface area contributed by atoms with Crippen molar-refractivity contribution in [1.82, 2.24) is 10.2 Å². The molecule has 0 amide bonds. The summed E-state index contributed by atoms with van der Waals surface area (Å²) in [5.41, 5.74) is 1.93. The summed E-state index contributed by atoms with van der Waals surface area (Å²) in [6.07, 6.45) is -2.44. The zero-order chi connectivity index (χ0) is 14.5. The molecule has 1 fully saturated rings. The largest absolute Gasteiger partial charge is 0.496 e. The predicted molar refractivity (Wildman–Crippen MR) is 82.8 cm³/mol. The number of rotatable bonds is 5. The number of halogens is 3. The average Bonchev–Trinajstić information content (AvgIpc) is 2.46. The van der Waals surface area contributed by atoms with Gasteiger partial charge in [-0.1, -0.05) is 12.1 Å². The maximum Gasteiger partial charge on any atom is 0.240 e. The minimum absolute atomic E-state index is 0. The van der Waals surface area contributed by atoms with Gasteiger partial charge in [0.15, 0.2) is 0 Å². The average molecular weight is 321 g/mol. The molecule has 0 aromatic heterocycles. The third-order valence-corrected chi connectivity index (χ3v) is 3.81. The van der Waals surface area contributed by atoms with Crippen molar-refractivity contribution in [2.24, 2.45) is 0 Å². The van der Waals surface area contributed by atoms with Crippen LogP contribution in [-0.2, 0) is 0 Å². The fraction of sp³-hybridized carbons (Fsp3) is 0.600. The van der Waals surface area contributed by atoms with E-state index < -0.39 is 6.43 Å². The van der Waals surface area contributed by atoms with Gasteiger partial charge in [0.25, 0.3) is 0 Å². The molecule has 3 nitrogen and oxygen atoms in total. The van der Waals surface area contributed by atoms with Crippen molar-refractivity contribution in [1.29, 1.82) is 0 Å². The zero-order valence-electron chi connectivity index (χ0n) is 12.4. The zero-order valence-corrected chi connectivity index (χ0v) is 13.3. The highest BCUT2D eigenvalue weighted by atomic mass is 35.5. The van der Waals surface area contributed by atoms with Crippen LogP contribution in [-0.4, -0.2) is 44.6 Å². The molecule has 0 bridgehead atoms. The minimum atomic E-state index is -2.30. The van der Waals surface area contributed by atoms with Crippen molar-refractivity contribution < 1.29 is 13.5 Å². The van der Waals surface area contributed by atoms with Crippen molar-refractivity contribution >= 4 is 12.4 Å². The van der Waals surface area contributed by atoms with Crippen LogP contribution >= 0.6 is 12.4 Å². The molecule has 1 N–H and O–H groups in total. The van der Waals surface area contributed by atoms with Gasteiger partial charge in [-0.2, -0.15) is 0 Å². The molecule has 0 unspecified atom stereocenters. The third-order valence-electron chi connectivity index (χ3n) is 3.81. The Labute approximate surface area is 131 Å². The Bertz CT molecular complexity index is 440. The van der Waals surface area contributed by atoms with Gasteiger partial charge in [-0.15, -0.1) is 12.4 Å². The molecule has 0 spiro atoms. The smallest absolute Gasteiger partial charge is 0.240 e. The first kappa shape index (κ1) is 18.1. The van der Waals surface area contributed by atoms with Crippen molar-refractivity contribution in [3.05, 3.63) is 29.3 Å². The number of methoxy groups -OCH3 is 1. The second-order valence-corrected chi connectivity index (χ2v) is 5.16. The van der Waals surface area contributed by atoms with Gasteiger partial charge in [-0.3, -0.25) is 4.90 Å². The van der Waals surface area contributed by atoms with E-state index in [1.165, 1.54) is 0 Å². The van der Waals surface area contributed by atoms with Crippen LogP contribution in [0.1, 0.15) is 23.6 Å². The summed E-state index contributed by atoms with van der Waals surface area (Å²) in [6, 6.07) is 5.53. The van der Waals surface area contributed by atoms with E-state index in [2.05, 4.69) is 10.2 Å². The Morgan fingerprint density at radius 1 is 1.29 bits per heavy atom. The van der Waals surface area contributed by atoms with Gasteiger partial charge in [0.05, 0.1) is 7.11 Å². The Morgan fingerprint density at radius 2 is 1.95 bits per heavy atom. The number of benzene rings is 1. The number of hydrogen-bond donors (Lipinski definition) is 1. The lowest BCUT2D eigenvalue weighted by Crippen LogP contribution is -2.45. The van der Waals surface area contributed by atoms with E-state index in [4.69, 9.17) is 4.74 Å². The van der Waals surface area contributed by atoms with Crippen LogP contribution < -0.4 is 10.1 Å². The molecule has 0 radical (unpaired) electrons. The Morgan fingerprint density at radius 3 is 2.52 bits per heavy atom. The van der Waals surface area contributed by atoms with Gasteiger partial charge < -0.3 is 10.1 Å². The summed E-state index contributed by atoms with van der Waals surface area (Å²) in [7, 11) is 1.61. The molecule has 21 heavy (non-hydrogen) atoms. The van der Waals surface area contributed by atoms with Crippen LogP contribution in [0, 0.1) is 6.92 Å². The Hall–Kier alpha value is -0.910. The first-order chi connectivity index (χ1) is 9.61. The molecular weight excluding hydrogens is 298 g/mol. The van der Waals surface area contributed by atoms with E-state index >= 15 is 0 Å². The molecular formula is C15H23ClF2N2O. The first-order valence-electron chi connectivity index (χ1n) is 6.99. The maximum absolute atomic E-state index is 12.9. The number of nitrogens with zero attached hydrogens (tertiary/aromatic N) is 1. The standard InChI is InChI=1S/C15H22F2N2O.ClH/c1-11-3-4-12(9-14(11)20-2)13(10-15(16)17)19-7-5-18-6-8-19;/h3-4,9,13,15,18H,5-8,10H2,1-2H3;1H/t13-;/m1./s1. The van der Waals surface area contributed by atoms with E-state index in [0.717, 1.165) is 43.1 Å². The van der Waals surface area contributed by atoms with Crippen LogP contribution in [0.3, 0.4) is 0 Å². The third kappa shape index (κ3) is 4.80. The molecule has 1 aliphatic rings. The number of nitrogens with one attached hydrogen (secondary N) is 1. The first-order valence-corrected chi connectivity index (χ1v) is 6.99. The van der Waals surface area contributed by atoms with Crippen LogP contribution in [0.4, 0.5) is 8.78 Å². The van der Waals surface area contributed by atoms with Crippen LogP contribution in [0.25, 0.3) is 0 Å². The summed E-state index contributed by atoms with van der Waals surface area (Å²) < 4.78 is 31.1. The minimum Gasteiger partial charge on any atom is -0.496 e. The lowest BCUT2D eigenvalue weighted by atomic mass is 9.99. The molecule has 6 heteroatoms. The lowest BCUT2D eigenvalue weighted by Gasteiger charge is -2.35. The van der Waals surface area contributed by atoms with E-state index in [1.807, 2.05) is 25.1 Å². The number of hydrogen-bond acceptors (Lipinski definition) is 3. The number of ether oxygens (including phenoxy) is 1. The molecule has 1 aromatic carbocycles. The van der Waals surface area contributed by atoms with Gasteiger partial charge in [-0.05, 0) is 24.1 Å².